The fourth-order valence-electron chi connectivity index (χ4n) is 3.55. The Labute approximate surface area is 167 Å². The topological polar surface area (TPSA) is 28.6 Å². The molecule has 3 aromatic rings. The maximum absolute atomic E-state index is 6.26. The molecule has 1 aliphatic heterocycles. The van der Waals surface area contributed by atoms with Crippen molar-refractivity contribution >= 4 is 22.9 Å². The van der Waals surface area contributed by atoms with Crippen LogP contribution in [0.4, 0.5) is 22.9 Å². The molecule has 0 saturated heterocycles. The van der Waals surface area contributed by atoms with E-state index in [1.165, 1.54) is 5.56 Å². The molecule has 0 amide bonds. The molecule has 0 fully saturated rings. The fourth-order valence-corrected chi connectivity index (χ4v) is 3.55. The van der Waals surface area contributed by atoms with Gasteiger partial charge in [-0.2, -0.15) is 0 Å². The third-order valence-electron chi connectivity index (χ3n) is 5.03. The van der Waals surface area contributed by atoms with Gasteiger partial charge in [0.1, 0.15) is 0 Å². The summed E-state index contributed by atoms with van der Waals surface area (Å²) in [5.74, 6) is 0.918. The molecule has 0 radical (unpaired) electrons. The van der Waals surface area contributed by atoms with E-state index < -0.39 is 0 Å². The Morgan fingerprint density at radius 3 is 2.00 bits per heavy atom. The highest BCUT2D eigenvalue weighted by atomic mass is 16.5. The summed E-state index contributed by atoms with van der Waals surface area (Å²) >= 11 is 0. The van der Waals surface area contributed by atoms with E-state index in [9.17, 15) is 0 Å². The van der Waals surface area contributed by atoms with Gasteiger partial charge >= 0.3 is 0 Å². The highest BCUT2D eigenvalue weighted by molar-refractivity contribution is 5.85. The van der Waals surface area contributed by atoms with Crippen molar-refractivity contribution in [1.82, 2.24) is 4.98 Å². The first kappa shape index (κ1) is 18.5. The van der Waals surface area contributed by atoms with Crippen LogP contribution in [0, 0.1) is 0 Å². The van der Waals surface area contributed by atoms with Crippen LogP contribution in [-0.2, 0) is 10.2 Å². The number of rotatable bonds is 4. The first-order chi connectivity index (χ1) is 13.5. The van der Waals surface area contributed by atoms with E-state index in [2.05, 4.69) is 73.0 Å². The van der Waals surface area contributed by atoms with Crippen LogP contribution in [0.5, 0.6) is 0 Å². The van der Waals surface area contributed by atoms with Crippen LogP contribution >= 0.6 is 0 Å². The zero-order valence-electron chi connectivity index (χ0n) is 17.0. The van der Waals surface area contributed by atoms with E-state index >= 15 is 0 Å². The predicted molar refractivity (Wildman–Crippen MR) is 116 cm³/mol. The molecule has 1 unspecified atom stereocenters. The lowest BCUT2D eigenvalue weighted by atomic mass is 9.88. The third kappa shape index (κ3) is 3.25. The number of nitrogens with zero attached hydrogens (tertiary/aromatic N) is 3. The number of para-hydroxylation sites is 2. The zero-order chi connectivity index (χ0) is 19.7. The largest absolute Gasteiger partial charge is 0.340 e. The molecule has 0 spiro atoms. The van der Waals surface area contributed by atoms with Crippen LogP contribution in [-0.4, -0.2) is 17.9 Å². The van der Waals surface area contributed by atoms with Crippen LogP contribution in [0.3, 0.4) is 0 Å². The fraction of sp³-hybridized carbons (Fsp3) is 0.292. The molecule has 144 valence electrons. The number of hydrogen-bond donors (Lipinski definition) is 0. The van der Waals surface area contributed by atoms with Gasteiger partial charge in [0, 0.05) is 24.2 Å². The third-order valence-corrected chi connectivity index (χ3v) is 5.03. The zero-order valence-corrected chi connectivity index (χ0v) is 17.0. The van der Waals surface area contributed by atoms with Crippen LogP contribution in [0.15, 0.2) is 72.9 Å². The Morgan fingerprint density at radius 2 is 1.46 bits per heavy atom. The normalized spacial score (nSPS) is 16.4. The van der Waals surface area contributed by atoms with Crippen LogP contribution in [0.1, 0.15) is 33.3 Å². The van der Waals surface area contributed by atoms with Crippen molar-refractivity contribution in [3.05, 3.63) is 78.5 Å². The highest BCUT2D eigenvalue weighted by Gasteiger charge is 2.40. The molecular formula is C24H27N3O. The number of anilines is 4. The van der Waals surface area contributed by atoms with Gasteiger partial charge in [-0.25, -0.2) is 4.98 Å². The van der Waals surface area contributed by atoms with Gasteiger partial charge in [0.2, 0.25) is 6.35 Å². The lowest BCUT2D eigenvalue weighted by Gasteiger charge is -2.32. The van der Waals surface area contributed by atoms with Crippen molar-refractivity contribution in [2.24, 2.45) is 0 Å². The van der Waals surface area contributed by atoms with Crippen LogP contribution < -0.4 is 9.80 Å². The Hall–Kier alpha value is -2.85. The molecule has 1 aromatic heterocycles. The number of ether oxygens (including phenoxy) is 1. The van der Waals surface area contributed by atoms with E-state index in [1.54, 1.807) is 0 Å². The molecule has 0 saturated carbocycles. The molecule has 28 heavy (non-hydrogen) atoms. The second-order valence-electron chi connectivity index (χ2n) is 8.01. The minimum absolute atomic E-state index is 0.0195. The monoisotopic (exact) mass is 373 g/mol. The minimum atomic E-state index is -0.285. The van der Waals surface area contributed by atoms with E-state index in [1.807, 2.05) is 37.4 Å². The first-order valence-electron chi connectivity index (χ1n) is 9.81. The van der Waals surface area contributed by atoms with Crippen LogP contribution in [0.25, 0.3) is 0 Å². The van der Waals surface area contributed by atoms with E-state index in [0.717, 1.165) is 22.9 Å². The maximum atomic E-state index is 6.26. The molecule has 4 nitrogen and oxygen atoms in total. The minimum Gasteiger partial charge on any atom is -0.340 e. The summed E-state index contributed by atoms with van der Waals surface area (Å²) in [5.41, 5.74) is 4.45. The molecule has 1 aliphatic rings. The van der Waals surface area contributed by atoms with Gasteiger partial charge in [0.05, 0.1) is 5.69 Å². The number of fused-ring (bicyclic) bond motifs is 1. The average Bonchev–Trinajstić information content (AvgIpc) is 3.02. The summed E-state index contributed by atoms with van der Waals surface area (Å²) in [6, 6.07) is 23.0. The number of pyridine rings is 1. The summed E-state index contributed by atoms with van der Waals surface area (Å²) in [6.45, 7) is 9.29. The van der Waals surface area contributed by atoms with E-state index in [4.69, 9.17) is 9.72 Å². The molecule has 1 atom stereocenters. The Balaban J connectivity index is 1.93. The molecule has 0 aliphatic carbocycles. The Kier molecular flexibility index (Phi) is 4.82. The number of benzene rings is 2. The standard InChI is InChI=1S/C24H27N3O/c1-5-28-23-26(19-12-8-6-9-13-19)21-16-18(24(2,3)4)17-25-22(21)27(23)20-14-10-7-11-15-20/h6-17,23H,5H2,1-4H3. The molecule has 4 heteroatoms. The van der Waals surface area contributed by atoms with Crippen LogP contribution in [0.2, 0.25) is 0 Å². The van der Waals surface area contributed by atoms with Gasteiger partial charge in [0.25, 0.3) is 0 Å². The van der Waals surface area contributed by atoms with Crippen molar-refractivity contribution < 1.29 is 4.74 Å². The highest BCUT2D eigenvalue weighted by Crippen LogP contribution is 2.47. The van der Waals surface area contributed by atoms with Crippen molar-refractivity contribution in [2.45, 2.75) is 39.5 Å². The van der Waals surface area contributed by atoms with E-state index in [-0.39, 0.29) is 11.8 Å². The van der Waals surface area contributed by atoms with Gasteiger partial charge in [-0.3, -0.25) is 9.80 Å². The molecule has 2 aromatic carbocycles. The number of aromatic nitrogens is 1. The maximum Gasteiger partial charge on any atom is 0.220 e. The Morgan fingerprint density at radius 1 is 0.893 bits per heavy atom. The average molecular weight is 374 g/mol. The van der Waals surface area contributed by atoms with Gasteiger partial charge in [-0.1, -0.05) is 57.2 Å². The van der Waals surface area contributed by atoms with Crippen molar-refractivity contribution in [2.75, 3.05) is 16.4 Å². The number of hydrogen-bond acceptors (Lipinski definition) is 4. The van der Waals surface area contributed by atoms with E-state index in [0.29, 0.717) is 6.61 Å². The SMILES string of the molecule is CCOC1N(c2ccccc2)c2cc(C(C)(C)C)cnc2N1c1ccccc1. The van der Waals surface area contributed by atoms with Crippen molar-refractivity contribution in [1.29, 1.82) is 0 Å². The van der Waals surface area contributed by atoms with Gasteiger partial charge in [-0.05, 0) is 48.2 Å². The molecule has 0 N–H and O–H groups in total. The quantitative estimate of drug-likeness (QED) is 0.562. The summed E-state index contributed by atoms with van der Waals surface area (Å²) in [6.07, 6.45) is 1.71. The van der Waals surface area contributed by atoms with Crippen molar-refractivity contribution in [3.63, 3.8) is 0 Å². The lowest BCUT2D eigenvalue weighted by molar-refractivity contribution is 0.0769. The van der Waals surface area contributed by atoms with Gasteiger partial charge in [-0.15, -0.1) is 0 Å². The predicted octanol–water partition coefficient (Wildman–Crippen LogP) is 5.99. The second kappa shape index (κ2) is 7.28. The summed E-state index contributed by atoms with van der Waals surface area (Å²) < 4.78 is 6.26. The summed E-state index contributed by atoms with van der Waals surface area (Å²) in [4.78, 5) is 9.32. The Bertz CT molecular complexity index is 935. The lowest BCUT2D eigenvalue weighted by Crippen LogP contribution is -2.40. The molecule has 4 rings (SSSR count). The van der Waals surface area contributed by atoms with Gasteiger partial charge < -0.3 is 4.74 Å². The summed E-state index contributed by atoms with van der Waals surface area (Å²) in [5, 5.41) is 0. The smallest absolute Gasteiger partial charge is 0.220 e. The van der Waals surface area contributed by atoms with Crippen molar-refractivity contribution in [3.8, 4) is 0 Å². The van der Waals surface area contributed by atoms with Gasteiger partial charge in [0.15, 0.2) is 5.82 Å². The molecular weight excluding hydrogens is 346 g/mol. The molecule has 0 bridgehead atoms. The molecule has 2 heterocycles. The summed E-state index contributed by atoms with van der Waals surface area (Å²) in [7, 11) is 0. The second-order valence-corrected chi connectivity index (χ2v) is 8.01. The first-order valence-corrected chi connectivity index (χ1v) is 9.81.